The predicted molar refractivity (Wildman–Crippen MR) is 131 cm³/mol. The maximum Gasteiger partial charge on any atom is 0.245 e. The minimum Gasteiger partial charge on any atom is -0.230 e. The van der Waals surface area contributed by atoms with Gasteiger partial charge in [0.05, 0.1) is 6.54 Å². The molecule has 0 unspecified atom stereocenters. The van der Waals surface area contributed by atoms with E-state index < -0.39 is 0 Å². The van der Waals surface area contributed by atoms with Crippen LogP contribution in [0, 0.1) is 0 Å². The Morgan fingerprint density at radius 3 is 1.97 bits per heavy atom. The van der Waals surface area contributed by atoms with Crippen LogP contribution < -0.4 is 4.57 Å². The fraction of sp³-hybridized carbons (Fsp3) is 0.731. The third-order valence-electron chi connectivity index (χ3n) is 5.90. The largest absolute Gasteiger partial charge is 0.245 e. The normalized spacial score (nSPS) is 11.5. The molecule has 164 valence electrons. The van der Waals surface area contributed by atoms with E-state index in [2.05, 4.69) is 65.3 Å². The summed E-state index contributed by atoms with van der Waals surface area (Å²) in [5.74, 6) is 2.37. The van der Waals surface area contributed by atoms with Gasteiger partial charge >= 0.3 is 0 Å². The van der Waals surface area contributed by atoms with Crippen LogP contribution in [-0.2, 0) is 12.4 Å². The molecule has 2 aromatic rings. The van der Waals surface area contributed by atoms with Crippen molar-refractivity contribution in [3.05, 3.63) is 30.6 Å². The van der Waals surface area contributed by atoms with Gasteiger partial charge < -0.3 is 0 Å². The Balaban J connectivity index is 1.52. The van der Waals surface area contributed by atoms with Crippen molar-refractivity contribution in [3.63, 3.8) is 0 Å². The lowest BCUT2D eigenvalue weighted by atomic mass is 10.1. The van der Waals surface area contributed by atoms with Crippen molar-refractivity contribution in [2.45, 2.75) is 116 Å². The zero-order valence-corrected chi connectivity index (χ0v) is 20.0. The van der Waals surface area contributed by atoms with Gasteiger partial charge in [-0.05, 0) is 30.7 Å². The van der Waals surface area contributed by atoms with Gasteiger partial charge in [0, 0.05) is 0 Å². The first kappa shape index (κ1) is 24.3. The Labute approximate surface area is 184 Å². The van der Waals surface area contributed by atoms with E-state index >= 15 is 0 Å². The second-order valence-electron chi connectivity index (χ2n) is 8.55. The molecule has 3 heteroatoms. The number of aryl methyl sites for hydroxylation is 1. The fourth-order valence-electron chi connectivity index (χ4n) is 4.06. The molecule has 0 spiro atoms. The third kappa shape index (κ3) is 9.59. The van der Waals surface area contributed by atoms with E-state index in [9.17, 15) is 0 Å². The van der Waals surface area contributed by atoms with Gasteiger partial charge in [-0.1, -0.05) is 103 Å². The molecule has 0 fully saturated rings. The quantitative estimate of drug-likeness (QED) is 0.176. The minimum absolute atomic E-state index is 1.08. The molecule has 0 saturated carbocycles. The van der Waals surface area contributed by atoms with Crippen molar-refractivity contribution in [3.8, 4) is 0 Å². The monoisotopic (exact) mass is 417 g/mol. The van der Waals surface area contributed by atoms with Crippen molar-refractivity contribution >= 4 is 22.8 Å². The number of fused-ring (bicyclic) bond motifs is 1. The molecule has 0 amide bonds. The average Bonchev–Trinajstić information content (AvgIpc) is 3.10. The van der Waals surface area contributed by atoms with Crippen LogP contribution in [-0.4, -0.2) is 10.3 Å². The molecule has 0 aliphatic rings. The average molecular weight is 418 g/mol. The highest BCUT2D eigenvalue weighted by atomic mass is 32.2. The smallest absolute Gasteiger partial charge is 0.230 e. The Morgan fingerprint density at radius 2 is 1.31 bits per heavy atom. The van der Waals surface area contributed by atoms with E-state index in [4.69, 9.17) is 0 Å². The summed E-state index contributed by atoms with van der Waals surface area (Å²) in [6.07, 6.45) is 22.0. The van der Waals surface area contributed by atoms with Crippen LogP contribution in [0.1, 0.15) is 104 Å². The Bertz CT molecular complexity index is 649. The number of nitrogens with zero attached hydrogens (tertiary/aromatic N) is 2. The second-order valence-corrected chi connectivity index (χ2v) is 9.62. The number of hydrogen-bond acceptors (Lipinski definition) is 1. The third-order valence-corrected chi connectivity index (χ3v) is 6.94. The van der Waals surface area contributed by atoms with E-state index in [1.165, 1.54) is 107 Å². The molecule has 0 aliphatic carbocycles. The van der Waals surface area contributed by atoms with Crippen molar-refractivity contribution in [1.82, 2.24) is 4.57 Å². The second kappa shape index (κ2) is 15.8. The van der Waals surface area contributed by atoms with Crippen LogP contribution in [0.2, 0.25) is 0 Å². The summed E-state index contributed by atoms with van der Waals surface area (Å²) >= 11 is 2.09. The zero-order valence-electron chi connectivity index (χ0n) is 19.2. The Kier molecular flexibility index (Phi) is 13.3. The highest BCUT2D eigenvalue weighted by molar-refractivity contribution is 7.98. The summed E-state index contributed by atoms with van der Waals surface area (Å²) in [6.45, 7) is 5.70. The molecule has 29 heavy (non-hydrogen) atoms. The minimum atomic E-state index is 1.08. The molecule has 1 aromatic carbocycles. The van der Waals surface area contributed by atoms with Gasteiger partial charge in [0.15, 0.2) is 11.0 Å². The summed E-state index contributed by atoms with van der Waals surface area (Å²) < 4.78 is 4.87. The molecule has 1 aromatic heterocycles. The summed E-state index contributed by atoms with van der Waals surface area (Å²) in [5, 5.41) is 0. The van der Waals surface area contributed by atoms with Gasteiger partial charge in [-0.25, -0.2) is 9.13 Å². The Morgan fingerprint density at radius 1 is 0.724 bits per heavy atom. The molecule has 0 saturated heterocycles. The molecule has 1 heterocycles. The van der Waals surface area contributed by atoms with Crippen LogP contribution in [0.5, 0.6) is 0 Å². The van der Waals surface area contributed by atoms with Crippen LogP contribution in [0.25, 0.3) is 11.0 Å². The topological polar surface area (TPSA) is 8.81 Å². The van der Waals surface area contributed by atoms with Crippen molar-refractivity contribution in [2.75, 3.05) is 5.75 Å². The van der Waals surface area contributed by atoms with Crippen molar-refractivity contribution in [1.29, 1.82) is 0 Å². The van der Waals surface area contributed by atoms with Crippen molar-refractivity contribution in [2.24, 2.45) is 0 Å². The molecule has 0 N–H and O–H groups in total. The molecule has 2 rings (SSSR count). The highest BCUT2D eigenvalue weighted by Gasteiger charge is 2.14. The van der Waals surface area contributed by atoms with Gasteiger partial charge in [-0.2, -0.15) is 0 Å². The molecule has 0 atom stereocenters. The van der Waals surface area contributed by atoms with E-state index in [1.807, 2.05) is 0 Å². The molecular weight excluding hydrogens is 372 g/mol. The first-order valence-electron chi connectivity index (χ1n) is 12.4. The van der Waals surface area contributed by atoms with Crippen LogP contribution in [0.3, 0.4) is 0 Å². The maximum atomic E-state index is 2.44. The Hall–Kier alpha value is -0.960. The summed E-state index contributed by atoms with van der Waals surface area (Å²) in [5.41, 5.74) is 2.76. The van der Waals surface area contributed by atoms with Gasteiger partial charge in [0.1, 0.15) is 5.88 Å². The predicted octanol–water partition coefficient (Wildman–Crippen LogP) is 8.12. The first-order valence-corrected chi connectivity index (χ1v) is 13.6. The van der Waals surface area contributed by atoms with Gasteiger partial charge in [0.25, 0.3) is 0 Å². The first-order chi connectivity index (χ1) is 14.4. The number of imidazole rings is 1. The fourth-order valence-corrected chi connectivity index (χ4v) is 5.00. The van der Waals surface area contributed by atoms with E-state index in [0.717, 1.165) is 12.4 Å². The standard InChI is InChI=1S/C26H45N2S/c1-3-5-7-8-9-10-11-12-13-14-15-18-22-29-24-28-23-27(21-6-4-2)25-19-16-17-20-26(25)28/h16-17,19-20,23H,3-15,18,21-22,24H2,1-2H3/q+1. The van der Waals surface area contributed by atoms with Crippen molar-refractivity contribution < 1.29 is 4.57 Å². The maximum absolute atomic E-state index is 2.44. The lowest BCUT2D eigenvalue weighted by molar-refractivity contribution is -0.650. The molecular formula is C26H45N2S+. The molecule has 0 aliphatic heterocycles. The number of para-hydroxylation sites is 2. The summed E-state index contributed by atoms with van der Waals surface area (Å²) in [4.78, 5) is 0. The number of unbranched alkanes of at least 4 members (excludes halogenated alkanes) is 12. The van der Waals surface area contributed by atoms with Gasteiger partial charge in [0.2, 0.25) is 6.33 Å². The van der Waals surface area contributed by atoms with Gasteiger partial charge in [-0.3, -0.25) is 0 Å². The SMILES string of the molecule is CCCCCCCCCCCCCCSC[n+]1cn(CCCC)c2ccccc21. The number of aromatic nitrogens is 2. The molecule has 2 nitrogen and oxygen atoms in total. The zero-order chi connectivity index (χ0) is 20.6. The molecule has 0 bridgehead atoms. The molecule has 0 radical (unpaired) electrons. The summed E-state index contributed by atoms with van der Waals surface area (Å²) in [6, 6.07) is 8.85. The summed E-state index contributed by atoms with van der Waals surface area (Å²) in [7, 11) is 0. The number of rotatable bonds is 18. The van der Waals surface area contributed by atoms with Gasteiger partial charge in [-0.15, -0.1) is 11.8 Å². The van der Waals surface area contributed by atoms with Crippen LogP contribution in [0.4, 0.5) is 0 Å². The van der Waals surface area contributed by atoms with E-state index in [1.54, 1.807) is 0 Å². The van der Waals surface area contributed by atoms with E-state index in [-0.39, 0.29) is 0 Å². The lowest BCUT2D eigenvalue weighted by Crippen LogP contribution is -2.30. The number of hydrogen-bond donors (Lipinski definition) is 0. The van der Waals surface area contributed by atoms with Crippen LogP contribution in [0.15, 0.2) is 30.6 Å². The lowest BCUT2D eigenvalue weighted by Gasteiger charge is -2.03. The van der Waals surface area contributed by atoms with E-state index in [0.29, 0.717) is 0 Å². The number of thioether (sulfide) groups is 1. The highest BCUT2D eigenvalue weighted by Crippen LogP contribution is 2.15. The number of benzene rings is 1. The van der Waals surface area contributed by atoms with Crippen LogP contribution >= 0.6 is 11.8 Å².